The van der Waals surface area contributed by atoms with Crippen LogP contribution < -0.4 is 10.2 Å². The lowest BCUT2D eigenvalue weighted by atomic mass is 10.1. The summed E-state index contributed by atoms with van der Waals surface area (Å²) in [6.45, 7) is 7.81. The summed E-state index contributed by atoms with van der Waals surface area (Å²) in [4.78, 5) is 18.0. The van der Waals surface area contributed by atoms with Crippen molar-refractivity contribution in [1.82, 2.24) is 10.2 Å². The van der Waals surface area contributed by atoms with Crippen LogP contribution in [0.4, 0.5) is 5.69 Å². The summed E-state index contributed by atoms with van der Waals surface area (Å²) < 4.78 is 35.7. The molecule has 2 fully saturated rings. The number of nitrogens with zero attached hydrogens (tertiary/aromatic N) is 2. The third kappa shape index (κ3) is 7.08. The maximum absolute atomic E-state index is 13.3. The lowest BCUT2D eigenvalue weighted by molar-refractivity contribution is 0.00672. The average molecular weight is 532 g/mol. The van der Waals surface area contributed by atoms with Gasteiger partial charge in [-0.25, -0.2) is 8.42 Å². The van der Waals surface area contributed by atoms with E-state index >= 15 is 0 Å². The lowest BCUT2D eigenvalue weighted by Gasteiger charge is -2.27. The molecule has 1 unspecified atom stereocenters. The Balaban J connectivity index is 1.36. The molecule has 10 heteroatoms. The van der Waals surface area contributed by atoms with Crippen LogP contribution in [0.2, 0.25) is 0 Å². The third-order valence-electron chi connectivity index (χ3n) is 7.01. The fourth-order valence-corrected chi connectivity index (χ4v) is 5.63. The molecular weight excluding hydrogens is 494 g/mol. The van der Waals surface area contributed by atoms with Gasteiger partial charge in [0.05, 0.1) is 54.8 Å². The number of aliphatic hydroxyl groups excluding tert-OH is 1. The van der Waals surface area contributed by atoms with Gasteiger partial charge in [0.1, 0.15) is 0 Å². The molecule has 0 aliphatic carbocycles. The van der Waals surface area contributed by atoms with Crippen molar-refractivity contribution < 1.29 is 27.8 Å². The molecule has 0 bridgehead atoms. The van der Waals surface area contributed by atoms with Gasteiger partial charge in [0.2, 0.25) is 0 Å². The van der Waals surface area contributed by atoms with Gasteiger partial charge < -0.3 is 24.8 Å². The average Bonchev–Trinajstić information content (AvgIpc) is 3.41. The number of sulfone groups is 1. The van der Waals surface area contributed by atoms with Crippen molar-refractivity contribution in [2.75, 3.05) is 69.8 Å². The Morgan fingerprint density at radius 1 is 1.14 bits per heavy atom. The smallest absolute Gasteiger partial charge is 0.253 e. The largest absolute Gasteiger partial charge is 0.394 e. The van der Waals surface area contributed by atoms with E-state index in [-0.39, 0.29) is 29.3 Å². The second kappa shape index (κ2) is 12.8. The molecular formula is C27H37N3O6S. The molecule has 0 radical (unpaired) electrons. The Morgan fingerprint density at radius 2 is 1.86 bits per heavy atom. The van der Waals surface area contributed by atoms with Gasteiger partial charge in [-0.3, -0.25) is 9.69 Å². The number of benzene rings is 2. The Morgan fingerprint density at radius 3 is 2.57 bits per heavy atom. The van der Waals surface area contributed by atoms with E-state index in [2.05, 4.69) is 15.1 Å². The molecule has 1 amide bonds. The van der Waals surface area contributed by atoms with Gasteiger partial charge in [-0.1, -0.05) is 31.2 Å². The van der Waals surface area contributed by atoms with Crippen LogP contribution in [0.3, 0.4) is 0 Å². The van der Waals surface area contributed by atoms with Crippen LogP contribution in [0.25, 0.3) is 0 Å². The van der Waals surface area contributed by atoms with Crippen molar-refractivity contribution in [3.8, 4) is 0 Å². The van der Waals surface area contributed by atoms with E-state index in [0.29, 0.717) is 24.3 Å². The summed E-state index contributed by atoms with van der Waals surface area (Å²) in [5.41, 5.74) is 2.00. The topological polar surface area (TPSA) is 108 Å². The Labute approximate surface area is 219 Å². The number of rotatable bonds is 11. The fourth-order valence-electron chi connectivity index (χ4n) is 4.74. The number of ether oxygens (including phenoxy) is 2. The first-order valence-corrected chi connectivity index (χ1v) is 14.6. The van der Waals surface area contributed by atoms with Crippen LogP contribution >= 0.6 is 0 Å². The van der Waals surface area contributed by atoms with E-state index in [1.807, 2.05) is 18.2 Å². The number of amides is 1. The molecule has 0 aromatic heterocycles. The van der Waals surface area contributed by atoms with Crippen LogP contribution in [0.1, 0.15) is 35.3 Å². The van der Waals surface area contributed by atoms with Crippen molar-refractivity contribution in [2.45, 2.75) is 30.4 Å². The van der Waals surface area contributed by atoms with Gasteiger partial charge in [0.15, 0.2) is 9.84 Å². The van der Waals surface area contributed by atoms with E-state index in [4.69, 9.17) is 9.47 Å². The molecule has 2 saturated heterocycles. The van der Waals surface area contributed by atoms with E-state index in [1.165, 1.54) is 12.1 Å². The zero-order chi connectivity index (χ0) is 26.3. The quantitative estimate of drug-likeness (QED) is 0.453. The van der Waals surface area contributed by atoms with Crippen LogP contribution in [0.5, 0.6) is 0 Å². The summed E-state index contributed by atoms with van der Waals surface area (Å²) in [5.74, 6) is -0.281. The SMILES string of the molecule is CCS(=O)(=O)c1ccc([C@H](CO)NC(=O)c2ccccc2N2CCC(OCCN3CCOCC3)C2)cc1. The molecule has 2 atom stereocenters. The third-order valence-corrected chi connectivity index (χ3v) is 8.76. The Bertz CT molecular complexity index is 1140. The minimum absolute atomic E-state index is 0.0135. The summed E-state index contributed by atoms with van der Waals surface area (Å²) in [6.07, 6.45) is 1.01. The summed E-state index contributed by atoms with van der Waals surface area (Å²) >= 11 is 0. The van der Waals surface area contributed by atoms with Crippen molar-refractivity contribution in [3.05, 3.63) is 59.7 Å². The summed E-state index contributed by atoms with van der Waals surface area (Å²) in [7, 11) is -3.32. The minimum atomic E-state index is -3.32. The first kappa shape index (κ1) is 27.5. The number of anilines is 1. The van der Waals surface area contributed by atoms with E-state index < -0.39 is 15.9 Å². The van der Waals surface area contributed by atoms with Gasteiger partial charge >= 0.3 is 0 Å². The Hall–Kier alpha value is -2.50. The van der Waals surface area contributed by atoms with Gasteiger partial charge in [-0.05, 0) is 36.2 Å². The minimum Gasteiger partial charge on any atom is -0.394 e. The molecule has 2 aliphatic heterocycles. The van der Waals surface area contributed by atoms with Crippen molar-refractivity contribution in [3.63, 3.8) is 0 Å². The van der Waals surface area contributed by atoms with Gasteiger partial charge in [0, 0.05) is 38.4 Å². The van der Waals surface area contributed by atoms with Gasteiger partial charge in [-0.15, -0.1) is 0 Å². The first-order chi connectivity index (χ1) is 17.9. The number of hydrogen-bond acceptors (Lipinski definition) is 8. The van der Waals surface area contributed by atoms with Crippen molar-refractivity contribution in [1.29, 1.82) is 0 Å². The maximum Gasteiger partial charge on any atom is 0.253 e. The second-order valence-corrected chi connectivity index (χ2v) is 11.7. The molecule has 2 heterocycles. The van der Waals surface area contributed by atoms with Crippen LogP contribution in [-0.4, -0.2) is 95.3 Å². The molecule has 4 rings (SSSR count). The number of aliphatic hydroxyl groups is 1. The monoisotopic (exact) mass is 531 g/mol. The van der Waals surface area contributed by atoms with Gasteiger partial charge in [0.25, 0.3) is 5.91 Å². The predicted molar refractivity (Wildman–Crippen MR) is 142 cm³/mol. The number of hydrogen-bond donors (Lipinski definition) is 2. The number of para-hydroxylation sites is 1. The van der Waals surface area contributed by atoms with Crippen LogP contribution in [0, 0.1) is 0 Å². The number of carbonyl (C=O) groups excluding carboxylic acids is 1. The number of carbonyl (C=O) groups is 1. The Kier molecular flexibility index (Phi) is 9.55. The number of morpholine rings is 1. The molecule has 0 saturated carbocycles. The van der Waals surface area contributed by atoms with Crippen molar-refractivity contribution in [2.24, 2.45) is 0 Å². The highest BCUT2D eigenvalue weighted by molar-refractivity contribution is 7.91. The molecule has 9 nitrogen and oxygen atoms in total. The summed E-state index contributed by atoms with van der Waals surface area (Å²) in [6, 6.07) is 13.1. The first-order valence-electron chi connectivity index (χ1n) is 12.9. The lowest BCUT2D eigenvalue weighted by Crippen LogP contribution is -2.39. The summed E-state index contributed by atoms with van der Waals surface area (Å²) in [5, 5.41) is 12.9. The van der Waals surface area contributed by atoms with Gasteiger partial charge in [-0.2, -0.15) is 0 Å². The number of nitrogens with one attached hydrogen (secondary N) is 1. The predicted octanol–water partition coefficient (Wildman–Crippen LogP) is 1.87. The van der Waals surface area contributed by atoms with Crippen LogP contribution in [-0.2, 0) is 19.3 Å². The molecule has 2 aromatic rings. The molecule has 2 aliphatic rings. The van der Waals surface area contributed by atoms with Crippen LogP contribution in [0.15, 0.2) is 53.4 Å². The molecule has 2 N–H and O–H groups in total. The molecule has 0 spiro atoms. The van der Waals surface area contributed by atoms with Crippen molar-refractivity contribution >= 4 is 21.4 Å². The fraction of sp³-hybridized carbons (Fsp3) is 0.519. The van der Waals surface area contributed by atoms with E-state index in [1.54, 1.807) is 25.1 Å². The standard InChI is InChI=1S/C27H37N3O6S/c1-2-37(33,34)23-9-7-21(8-10-23)25(20-31)28-27(32)24-5-3-4-6-26(24)30-12-11-22(19-30)36-18-15-29-13-16-35-17-14-29/h3-10,22,25,31H,2,11-20H2,1H3,(H,28,32)/t22?,25-/m0/s1. The van der Waals surface area contributed by atoms with E-state index in [9.17, 15) is 18.3 Å². The van der Waals surface area contributed by atoms with E-state index in [0.717, 1.165) is 51.5 Å². The molecule has 37 heavy (non-hydrogen) atoms. The zero-order valence-corrected chi connectivity index (χ0v) is 22.2. The highest BCUT2D eigenvalue weighted by Crippen LogP contribution is 2.27. The maximum atomic E-state index is 13.3. The second-order valence-electron chi connectivity index (χ2n) is 9.38. The molecule has 2 aromatic carbocycles. The highest BCUT2D eigenvalue weighted by Gasteiger charge is 2.27. The normalized spacial score (nSPS) is 19.6. The molecule has 202 valence electrons. The highest BCUT2D eigenvalue weighted by atomic mass is 32.2. The zero-order valence-electron chi connectivity index (χ0n) is 21.3.